The van der Waals surface area contributed by atoms with E-state index in [9.17, 15) is 14.7 Å². The van der Waals surface area contributed by atoms with Crippen LogP contribution in [0.15, 0.2) is 41.3 Å². The number of aromatic hydroxyl groups is 1. The van der Waals surface area contributed by atoms with E-state index in [1.54, 1.807) is 28.3 Å². The van der Waals surface area contributed by atoms with Crippen LogP contribution in [0.3, 0.4) is 0 Å². The minimum Gasteiger partial charge on any atom is -0.508 e. The number of nitrogens with zero attached hydrogens (tertiary/aromatic N) is 3. The van der Waals surface area contributed by atoms with E-state index >= 15 is 4.39 Å². The SMILES string of the molecule is CCn1cc(C(=O)NC)c(=O)c2cc(F)c3c(nc(-c4ccc(O)cc4)n3C)c21. The fourth-order valence-corrected chi connectivity index (χ4v) is 3.63. The first kappa shape index (κ1) is 18.7. The van der Waals surface area contributed by atoms with Crippen molar-refractivity contribution in [2.45, 2.75) is 13.5 Å². The monoisotopic (exact) mass is 394 g/mol. The van der Waals surface area contributed by atoms with Crippen molar-refractivity contribution in [1.29, 1.82) is 0 Å². The van der Waals surface area contributed by atoms with Gasteiger partial charge in [-0.2, -0.15) is 0 Å². The summed E-state index contributed by atoms with van der Waals surface area (Å²) in [6, 6.07) is 7.60. The van der Waals surface area contributed by atoms with Crippen LogP contribution in [0.2, 0.25) is 0 Å². The maximum atomic E-state index is 15.1. The van der Waals surface area contributed by atoms with Crippen LogP contribution < -0.4 is 10.7 Å². The number of fused-ring (bicyclic) bond motifs is 3. The van der Waals surface area contributed by atoms with Crippen LogP contribution in [0.5, 0.6) is 5.75 Å². The van der Waals surface area contributed by atoms with Gasteiger partial charge >= 0.3 is 0 Å². The molecular formula is C21H19FN4O3. The molecule has 0 aliphatic heterocycles. The third-order valence-corrected chi connectivity index (χ3v) is 5.07. The Morgan fingerprint density at radius 3 is 2.55 bits per heavy atom. The number of rotatable bonds is 3. The maximum absolute atomic E-state index is 15.1. The van der Waals surface area contributed by atoms with E-state index in [0.29, 0.717) is 29.0 Å². The molecule has 0 atom stereocenters. The molecule has 4 aromatic rings. The van der Waals surface area contributed by atoms with Gasteiger partial charge in [0.2, 0.25) is 5.43 Å². The Kier molecular flexibility index (Phi) is 4.34. The molecule has 0 radical (unpaired) electrons. The van der Waals surface area contributed by atoms with E-state index in [0.717, 1.165) is 0 Å². The highest BCUT2D eigenvalue weighted by Gasteiger charge is 2.22. The third kappa shape index (κ3) is 2.75. The number of amides is 1. The molecule has 148 valence electrons. The molecule has 8 heteroatoms. The predicted molar refractivity (Wildman–Crippen MR) is 109 cm³/mol. The first-order chi connectivity index (χ1) is 13.9. The number of carbonyl (C=O) groups is 1. The minimum atomic E-state index is -0.596. The molecule has 2 N–H and O–H groups in total. The lowest BCUT2D eigenvalue weighted by molar-refractivity contribution is 0.0961. The summed E-state index contributed by atoms with van der Waals surface area (Å²) in [7, 11) is 3.13. The summed E-state index contributed by atoms with van der Waals surface area (Å²) in [5.74, 6) is -0.505. The molecule has 0 aliphatic rings. The predicted octanol–water partition coefficient (Wildman–Crippen LogP) is 2.78. The number of imidazole rings is 1. The van der Waals surface area contributed by atoms with Gasteiger partial charge in [0.15, 0.2) is 0 Å². The molecule has 2 aromatic heterocycles. The minimum absolute atomic E-state index is 0.0460. The molecule has 0 spiro atoms. The van der Waals surface area contributed by atoms with Gasteiger partial charge in [0.25, 0.3) is 5.91 Å². The zero-order valence-electron chi connectivity index (χ0n) is 16.2. The van der Waals surface area contributed by atoms with Crippen LogP contribution in [-0.4, -0.2) is 32.2 Å². The summed E-state index contributed by atoms with van der Waals surface area (Å²) >= 11 is 0. The zero-order valence-corrected chi connectivity index (χ0v) is 16.2. The van der Waals surface area contributed by atoms with Crippen LogP contribution >= 0.6 is 0 Å². The molecule has 0 bridgehead atoms. The summed E-state index contributed by atoms with van der Waals surface area (Å²) in [4.78, 5) is 29.6. The van der Waals surface area contributed by atoms with Crippen molar-refractivity contribution >= 4 is 27.8 Å². The quantitative estimate of drug-likeness (QED) is 0.559. The number of aryl methyl sites for hydroxylation is 2. The second-order valence-corrected chi connectivity index (χ2v) is 6.73. The van der Waals surface area contributed by atoms with Crippen molar-refractivity contribution in [1.82, 2.24) is 19.4 Å². The fourth-order valence-electron chi connectivity index (χ4n) is 3.63. The van der Waals surface area contributed by atoms with Gasteiger partial charge in [0, 0.05) is 32.4 Å². The van der Waals surface area contributed by atoms with Crippen LogP contribution in [0.4, 0.5) is 4.39 Å². The van der Waals surface area contributed by atoms with E-state index in [1.807, 2.05) is 6.92 Å². The molecule has 0 saturated carbocycles. The number of phenols is 1. The highest BCUT2D eigenvalue weighted by molar-refractivity contribution is 6.06. The van der Waals surface area contributed by atoms with E-state index in [1.165, 1.54) is 31.4 Å². The highest BCUT2D eigenvalue weighted by Crippen LogP contribution is 2.31. The summed E-state index contributed by atoms with van der Waals surface area (Å²) in [6.07, 6.45) is 1.48. The topological polar surface area (TPSA) is 89.2 Å². The summed E-state index contributed by atoms with van der Waals surface area (Å²) in [6.45, 7) is 2.34. The molecule has 1 amide bonds. The Morgan fingerprint density at radius 1 is 1.24 bits per heavy atom. The van der Waals surface area contributed by atoms with Crippen molar-refractivity contribution in [3.05, 3.63) is 58.1 Å². The number of phenolic OH excluding ortho intramolecular Hbond substituents is 1. The van der Waals surface area contributed by atoms with Crippen molar-refractivity contribution in [3.8, 4) is 17.1 Å². The number of benzene rings is 2. The van der Waals surface area contributed by atoms with Gasteiger partial charge in [-0.15, -0.1) is 0 Å². The van der Waals surface area contributed by atoms with E-state index in [2.05, 4.69) is 10.3 Å². The molecule has 2 heterocycles. The molecule has 0 aliphatic carbocycles. The van der Waals surface area contributed by atoms with Crippen LogP contribution in [0.1, 0.15) is 17.3 Å². The molecule has 0 unspecified atom stereocenters. The van der Waals surface area contributed by atoms with Crippen molar-refractivity contribution in [2.24, 2.45) is 7.05 Å². The lowest BCUT2D eigenvalue weighted by atomic mass is 10.1. The van der Waals surface area contributed by atoms with E-state index < -0.39 is 17.2 Å². The maximum Gasteiger partial charge on any atom is 0.256 e. The normalized spacial score (nSPS) is 11.3. The van der Waals surface area contributed by atoms with Gasteiger partial charge in [0.1, 0.15) is 34.0 Å². The summed E-state index contributed by atoms with van der Waals surface area (Å²) in [5, 5.41) is 12.1. The van der Waals surface area contributed by atoms with E-state index in [4.69, 9.17) is 0 Å². The molecule has 0 saturated heterocycles. The third-order valence-electron chi connectivity index (χ3n) is 5.07. The van der Waals surface area contributed by atoms with Crippen molar-refractivity contribution in [3.63, 3.8) is 0 Å². The number of hydrogen-bond acceptors (Lipinski definition) is 4. The van der Waals surface area contributed by atoms with Gasteiger partial charge in [-0.3, -0.25) is 9.59 Å². The average Bonchev–Trinajstić information content (AvgIpc) is 3.06. The second kappa shape index (κ2) is 6.73. The van der Waals surface area contributed by atoms with Gasteiger partial charge < -0.3 is 19.6 Å². The Morgan fingerprint density at radius 2 is 1.93 bits per heavy atom. The molecule has 0 fully saturated rings. The van der Waals surface area contributed by atoms with Gasteiger partial charge in [-0.25, -0.2) is 9.37 Å². The Labute approximate surface area is 165 Å². The summed E-state index contributed by atoms with van der Waals surface area (Å²) in [5.41, 5.74) is 1.18. The van der Waals surface area contributed by atoms with Crippen molar-refractivity contribution in [2.75, 3.05) is 7.05 Å². The number of carbonyl (C=O) groups excluding carboxylic acids is 1. The van der Waals surface area contributed by atoms with Crippen molar-refractivity contribution < 1.29 is 14.3 Å². The van der Waals surface area contributed by atoms with Gasteiger partial charge in [0.05, 0.1) is 10.9 Å². The molecular weight excluding hydrogens is 375 g/mol. The van der Waals surface area contributed by atoms with Gasteiger partial charge in [-0.05, 0) is 37.3 Å². The number of pyridine rings is 1. The van der Waals surface area contributed by atoms with Crippen LogP contribution in [0.25, 0.3) is 33.3 Å². The number of hydrogen-bond donors (Lipinski definition) is 2. The second-order valence-electron chi connectivity index (χ2n) is 6.73. The highest BCUT2D eigenvalue weighted by atomic mass is 19.1. The number of halogens is 1. The van der Waals surface area contributed by atoms with Crippen LogP contribution in [0, 0.1) is 5.82 Å². The molecule has 7 nitrogen and oxygen atoms in total. The standard InChI is InChI=1S/C21H19FN4O3/c1-4-26-10-14(21(29)23-2)19(28)13-9-15(22)18-16(17(13)26)24-20(25(18)3)11-5-7-12(27)8-6-11/h5-10,27H,4H2,1-3H3,(H,23,29). The molecule has 29 heavy (non-hydrogen) atoms. The smallest absolute Gasteiger partial charge is 0.256 e. The molecule has 4 rings (SSSR count). The lowest BCUT2D eigenvalue weighted by Gasteiger charge is -2.12. The number of nitrogens with one attached hydrogen (secondary N) is 1. The van der Waals surface area contributed by atoms with E-state index in [-0.39, 0.29) is 22.2 Å². The Bertz CT molecular complexity index is 1340. The first-order valence-electron chi connectivity index (χ1n) is 9.11. The Balaban J connectivity index is 2.14. The number of aromatic nitrogens is 3. The van der Waals surface area contributed by atoms with Crippen LogP contribution in [-0.2, 0) is 13.6 Å². The van der Waals surface area contributed by atoms with Gasteiger partial charge in [-0.1, -0.05) is 0 Å². The fraction of sp³-hybridized carbons (Fsp3) is 0.190. The Hall–Kier alpha value is -3.68. The zero-order chi connectivity index (χ0) is 20.9. The first-order valence-corrected chi connectivity index (χ1v) is 9.11. The largest absolute Gasteiger partial charge is 0.508 e. The average molecular weight is 394 g/mol. The molecule has 2 aromatic carbocycles. The lowest BCUT2D eigenvalue weighted by Crippen LogP contribution is -2.27. The summed E-state index contributed by atoms with van der Waals surface area (Å²) < 4.78 is 18.4.